The first-order valence-corrected chi connectivity index (χ1v) is 10.6. The highest BCUT2D eigenvalue weighted by molar-refractivity contribution is 5.93. The second-order valence-electron chi connectivity index (χ2n) is 7.23. The molecule has 0 aliphatic carbocycles. The van der Waals surface area contributed by atoms with Gasteiger partial charge in [-0.3, -0.25) is 19.2 Å². The number of carboxylic acids is 2. The van der Waals surface area contributed by atoms with E-state index in [-0.39, 0.29) is 35.3 Å². The lowest BCUT2D eigenvalue weighted by atomic mass is 10.1. The summed E-state index contributed by atoms with van der Waals surface area (Å²) in [6.07, 6.45) is 5.82. The van der Waals surface area contributed by atoms with Gasteiger partial charge >= 0.3 is 11.9 Å². The summed E-state index contributed by atoms with van der Waals surface area (Å²) in [5.74, 6) is -2.19. The Bertz CT molecular complexity index is 825. The Hall–Kier alpha value is -4.16. The first-order chi connectivity index (χ1) is 16.0. The minimum absolute atomic E-state index is 0. The molecule has 0 bridgehead atoms. The molecule has 0 unspecified atom stereocenters. The van der Waals surface area contributed by atoms with Gasteiger partial charge in [-0.25, -0.2) is 0 Å². The zero-order valence-electron chi connectivity index (χ0n) is 19.9. The van der Waals surface area contributed by atoms with Crippen molar-refractivity contribution in [1.29, 1.82) is 0 Å². The highest BCUT2D eigenvalue weighted by Crippen LogP contribution is 2.10. The minimum Gasteiger partial charge on any atom is -0.508 e. The summed E-state index contributed by atoms with van der Waals surface area (Å²) in [6.45, 7) is 0. The Morgan fingerprint density at radius 3 is 1.00 bits per heavy atom. The normalized spacial score (nSPS) is 9.00. The zero-order chi connectivity index (χ0) is 25.9. The predicted molar refractivity (Wildman–Crippen MR) is 133 cm³/mol. The molecule has 2 aromatic carbocycles. The third-order valence-electron chi connectivity index (χ3n) is 4.33. The predicted octanol–water partition coefficient (Wildman–Crippen LogP) is 1.61. The van der Waals surface area contributed by atoms with Crippen molar-refractivity contribution in [2.24, 2.45) is 11.5 Å². The van der Waals surface area contributed by atoms with Gasteiger partial charge < -0.3 is 42.8 Å². The van der Waals surface area contributed by atoms with Crippen molar-refractivity contribution in [3.63, 3.8) is 0 Å². The zero-order valence-corrected chi connectivity index (χ0v) is 19.9. The highest BCUT2D eigenvalue weighted by Gasteiger charge is 1.99. The second kappa shape index (κ2) is 21.4. The largest absolute Gasteiger partial charge is 0.508 e. The van der Waals surface area contributed by atoms with Crippen molar-refractivity contribution >= 4 is 23.8 Å². The molecule has 12 N–H and O–H groups in total. The van der Waals surface area contributed by atoms with Gasteiger partial charge in [0.1, 0.15) is 11.5 Å². The fourth-order valence-electron chi connectivity index (χ4n) is 2.51. The number of nitrogens with two attached hydrogens (primary N) is 2. The number of aromatic hydroxyl groups is 2. The molecule has 2 aromatic rings. The van der Waals surface area contributed by atoms with Crippen molar-refractivity contribution in [3.8, 4) is 11.5 Å². The van der Waals surface area contributed by atoms with Crippen molar-refractivity contribution < 1.29 is 50.6 Å². The first-order valence-electron chi connectivity index (χ1n) is 10.6. The molecular weight excluding hydrogens is 476 g/mol. The Labute approximate surface area is 208 Å². The summed E-state index contributed by atoms with van der Waals surface area (Å²) >= 11 is 0. The number of phenolic OH excluding ortho intramolecular Hbond substituents is 2. The van der Waals surface area contributed by atoms with E-state index in [1.165, 1.54) is 48.5 Å². The standard InChI is InChI=1S/C10H18O4.2C7H7NO2.2H2O/c11-9(12)7-5-3-1-2-4-6-8-10(13)14;2*8-7(10)5-1-3-6(9)4-2-5;;/h1-8H2,(H,11,12)(H,13,14);2*1-4,9H,(H2,8,10);2*1H2. The summed E-state index contributed by atoms with van der Waals surface area (Å²) in [5.41, 5.74) is 10.7. The van der Waals surface area contributed by atoms with E-state index in [9.17, 15) is 19.2 Å². The Morgan fingerprint density at radius 1 is 0.528 bits per heavy atom. The molecule has 12 nitrogen and oxygen atoms in total. The quantitative estimate of drug-likeness (QED) is 0.240. The third kappa shape index (κ3) is 20.4. The molecular formula is C24H36N2O10. The number of primary amides is 2. The van der Waals surface area contributed by atoms with Crippen molar-refractivity contribution in [1.82, 2.24) is 0 Å². The van der Waals surface area contributed by atoms with Gasteiger partial charge in [0.2, 0.25) is 11.8 Å². The molecule has 2 rings (SSSR count). The molecule has 0 saturated heterocycles. The number of unbranched alkanes of at least 4 members (excludes halogenated alkanes) is 5. The number of carboxylic acid groups (broad SMARTS) is 2. The highest BCUT2D eigenvalue weighted by atomic mass is 16.4. The van der Waals surface area contributed by atoms with E-state index in [2.05, 4.69) is 0 Å². The van der Waals surface area contributed by atoms with E-state index in [1.54, 1.807) is 0 Å². The molecule has 0 heterocycles. The number of rotatable bonds is 11. The van der Waals surface area contributed by atoms with Crippen LogP contribution in [-0.2, 0) is 9.59 Å². The average Bonchev–Trinajstić information content (AvgIpc) is 2.77. The molecule has 0 aromatic heterocycles. The van der Waals surface area contributed by atoms with Crippen LogP contribution in [0, 0.1) is 0 Å². The molecule has 0 aliphatic heterocycles. The molecule has 36 heavy (non-hydrogen) atoms. The van der Waals surface area contributed by atoms with Gasteiger partial charge in [-0.2, -0.15) is 0 Å². The molecule has 0 fully saturated rings. The molecule has 0 aliphatic rings. The van der Waals surface area contributed by atoms with Crippen LogP contribution in [0.2, 0.25) is 0 Å². The number of hydrogen-bond donors (Lipinski definition) is 6. The third-order valence-corrected chi connectivity index (χ3v) is 4.33. The van der Waals surface area contributed by atoms with E-state index in [0.29, 0.717) is 11.1 Å². The summed E-state index contributed by atoms with van der Waals surface area (Å²) in [6, 6.07) is 11.5. The number of carbonyl (C=O) groups is 4. The summed E-state index contributed by atoms with van der Waals surface area (Å²) in [5, 5.41) is 34.3. The lowest BCUT2D eigenvalue weighted by Gasteiger charge is -1.98. The molecule has 0 atom stereocenters. The van der Waals surface area contributed by atoms with Gasteiger partial charge in [-0.05, 0) is 61.4 Å². The molecule has 0 radical (unpaired) electrons. The van der Waals surface area contributed by atoms with E-state index in [1.807, 2.05) is 0 Å². The van der Waals surface area contributed by atoms with Crippen molar-refractivity contribution in [3.05, 3.63) is 59.7 Å². The maximum atomic E-state index is 10.5. The molecule has 202 valence electrons. The fraction of sp³-hybridized carbons (Fsp3) is 0.333. The summed E-state index contributed by atoms with van der Waals surface area (Å²) < 4.78 is 0. The number of carbonyl (C=O) groups excluding carboxylic acids is 2. The van der Waals surface area contributed by atoms with Crippen LogP contribution in [0.25, 0.3) is 0 Å². The van der Waals surface area contributed by atoms with Crippen LogP contribution in [0.4, 0.5) is 0 Å². The maximum Gasteiger partial charge on any atom is 0.303 e. The van der Waals surface area contributed by atoms with Gasteiger partial charge in [0.05, 0.1) is 0 Å². The van der Waals surface area contributed by atoms with Crippen molar-refractivity contribution in [2.75, 3.05) is 0 Å². The second-order valence-corrected chi connectivity index (χ2v) is 7.23. The first kappa shape index (κ1) is 36.4. The van der Waals surface area contributed by atoms with E-state index in [0.717, 1.165) is 38.5 Å². The molecule has 12 heteroatoms. The van der Waals surface area contributed by atoms with Crippen LogP contribution in [0.3, 0.4) is 0 Å². The lowest BCUT2D eigenvalue weighted by Crippen LogP contribution is -2.10. The maximum absolute atomic E-state index is 10.5. The van der Waals surface area contributed by atoms with Crippen LogP contribution in [0.5, 0.6) is 11.5 Å². The number of benzene rings is 2. The van der Waals surface area contributed by atoms with Gasteiger partial charge in [0.15, 0.2) is 0 Å². The Morgan fingerprint density at radius 2 is 0.778 bits per heavy atom. The van der Waals surface area contributed by atoms with Crippen LogP contribution >= 0.6 is 0 Å². The van der Waals surface area contributed by atoms with Crippen LogP contribution < -0.4 is 11.5 Å². The minimum atomic E-state index is -0.740. The van der Waals surface area contributed by atoms with Gasteiger partial charge in [-0.1, -0.05) is 25.7 Å². The number of phenols is 2. The van der Waals surface area contributed by atoms with Crippen molar-refractivity contribution in [2.45, 2.75) is 51.4 Å². The van der Waals surface area contributed by atoms with E-state index in [4.69, 9.17) is 31.9 Å². The number of hydrogen-bond acceptors (Lipinski definition) is 6. The van der Waals surface area contributed by atoms with E-state index >= 15 is 0 Å². The van der Waals surface area contributed by atoms with Crippen LogP contribution in [0.1, 0.15) is 72.1 Å². The Balaban J connectivity index is -0.000000449. The summed E-state index contributed by atoms with van der Waals surface area (Å²) in [7, 11) is 0. The van der Waals surface area contributed by atoms with Crippen LogP contribution in [0.15, 0.2) is 48.5 Å². The lowest BCUT2D eigenvalue weighted by molar-refractivity contribution is -0.138. The molecule has 2 amide bonds. The molecule has 0 spiro atoms. The number of amides is 2. The molecule has 0 saturated carbocycles. The van der Waals surface area contributed by atoms with Gasteiger partial charge in [0, 0.05) is 24.0 Å². The van der Waals surface area contributed by atoms with Gasteiger partial charge in [-0.15, -0.1) is 0 Å². The average molecular weight is 513 g/mol. The fourth-order valence-corrected chi connectivity index (χ4v) is 2.51. The van der Waals surface area contributed by atoms with E-state index < -0.39 is 23.8 Å². The smallest absolute Gasteiger partial charge is 0.303 e. The summed E-state index contributed by atoms with van der Waals surface area (Å²) in [4.78, 5) is 41.2. The van der Waals surface area contributed by atoms with Gasteiger partial charge in [0.25, 0.3) is 0 Å². The van der Waals surface area contributed by atoms with Crippen LogP contribution in [-0.4, -0.2) is 55.1 Å². The SMILES string of the molecule is NC(=O)c1ccc(O)cc1.NC(=O)c1ccc(O)cc1.O.O.O=C(O)CCCCCCCCC(=O)O. The number of aliphatic carboxylic acids is 2. The monoisotopic (exact) mass is 512 g/mol. The Kier molecular flexibility index (Phi) is 21.6. The topological polar surface area (TPSA) is 264 Å².